The van der Waals surface area contributed by atoms with Gasteiger partial charge in [0.05, 0.1) is 19.8 Å². The Balaban J connectivity index is 0.00000341. The highest BCUT2D eigenvalue weighted by Gasteiger charge is 2.17. The number of methoxy groups -OCH3 is 1. The molecule has 0 saturated carbocycles. The van der Waals surface area contributed by atoms with Crippen LogP contribution < -0.4 is 20.3 Å². The summed E-state index contributed by atoms with van der Waals surface area (Å²) in [5.74, 6) is 2.71. The van der Waals surface area contributed by atoms with E-state index in [2.05, 4.69) is 69.7 Å². The highest BCUT2D eigenvalue weighted by molar-refractivity contribution is 14.0. The number of ether oxygens (including phenoxy) is 2. The van der Waals surface area contributed by atoms with Crippen molar-refractivity contribution in [3.63, 3.8) is 0 Å². The summed E-state index contributed by atoms with van der Waals surface area (Å²) in [5.41, 5.74) is 3.50. The van der Waals surface area contributed by atoms with Crippen molar-refractivity contribution in [2.24, 2.45) is 4.99 Å². The van der Waals surface area contributed by atoms with Crippen LogP contribution >= 0.6 is 24.0 Å². The molecule has 1 aromatic heterocycles. The predicted molar refractivity (Wildman–Crippen MR) is 137 cm³/mol. The van der Waals surface area contributed by atoms with E-state index >= 15 is 0 Å². The van der Waals surface area contributed by atoms with E-state index in [1.165, 1.54) is 5.56 Å². The van der Waals surface area contributed by atoms with Gasteiger partial charge in [0.2, 0.25) is 0 Å². The Morgan fingerprint density at radius 3 is 2.74 bits per heavy atom. The summed E-state index contributed by atoms with van der Waals surface area (Å²) in [6.07, 6.45) is 3.07. The van der Waals surface area contributed by atoms with Crippen LogP contribution in [0.3, 0.4) is 0 Å². The molecule has 1 aromatic carbocycles. The molecule has 0 spiro atoms. The molecule has 1 aliphatic heterocycles. The van der Waals surface area contributed by atoms with Gasteiger partial charge in [0.1, 0.15) is 11.6 Å². The summed E-state index contributed by atoms with van der Waals surface area (Å²) in [5, 5.41) is 6.71. The molecule has 0 aliphatic carbocycles. The quantitative estimate of drug-likeness (QED) is 0.320. The molecule has 170 valence electrons. The van der Waals surface area contributed by atoms with Crippen molar-refractivity contribution in [1.82, 2.24) is 15.6 Å². The summed E-state index contributed by atoms with van der Waals surface area (Å²) in [4.78, 5) is 11.2. The van der Waals surface area contributed by atoms with Gasteiger partial charge in [-0.3, -0.25) is 4.99 Å². The molecular weight excluding hydrogens is 505 g/mol. The van der Waals surface area contributed by atoms with E-state index in [-0.39, 0.29) is 30.1 Å². The minimum Gasteiger partial charge on any atom is -0.496 e. The Bertz CT molecular complexity index is 844. The van der Waals surface area contributed by atoms with Gasteiger partial charge in [-0.05, 0) is 49.1 Å². The van der Waals surface area contributed by atoms with E-state index in [0.29, 0.717) is 6.54 Å². The maximum absolute atomic E-state index is 5.60. The Labute approximate surface area is 202 Å². The van der Waals surface area contributed by atoms with E-state index in [9.17, 15) is 0 Å². The van der Waals surface area contributed by atoms with Crippen molar-refractivity contribution in [1.29, 1.82) is 0 Å². The van der Waals surface area contributed by atoms with Crippen molar-refractivity contribution in [3.05, 3.63) is 53.2 Å². The lowest BCUT2D eigenvalue weighted by Gasteiger charge is -2.32. The van der Waals surface area contributed by atoms with Gasteiger partial charge in [-0.15, -0.1) is 24.0 Å². The number of halogens is 1. The maximum atomic E-state index is 5.60. The number of nitrogens with one attached hydrogen (secondary N) is 2. The van der Waals surface area contributed by atoms with Crippen LogP contribution in [-0.2, 0) is 17.7 Å². The fourth-order valence-corrected chi connectivity index (χ4v) is 3.49. The molecule has 1 aliphatic rings. The van der Waals surface area contributed by atoms with E-state index in [1.54, 1.807) is 14.2 Å². The van der Waals surface area contributed by atoms with E-state index in [1.807, 2.05) is 6.20 Å². The molecule has 0 radical (unpaired) electrons. The second-order valence-electron chi connectivity index (χ2n) is 7.56. The molecule has 2 N–H and O–H groups in total. The molecule has 1 fully saturated rings. The second-order valence-corrected chi connectivity index (χ2v) is 7.56. The third kappa shape index (κ3) is 7.53. The van der Waals surface area contributed by atoms with Gasteiger partial charge in [0.25, 0.3) is 0 Å². The summed E-state index contributed by atoms with van der Waals surface area (Å²) in [7, 11) is 3.49. The molecule has 31 heavy (non-hydrogen) atoms. The fourth-order valence-electron chi connectivity index (χ4n) is 3.49. The van der Waals surface area contributed by atoms with Crippen LogP contribution in [0, 0.1) is 6.92 Å². The minimum absolute atomic E-state index is 0. The van der Waals surface area contributed by atoms with E-state index in [4.69, 9.17) is 9.47 Å². The predicted octanol–water partition coefficient (Wildman–Crippen LogP) is 3.15. The maximum Gasteiger partial charge on any atom is 0.191 e. The summed E-state index contributed by atoms with van der Waals surface area (Å²) in [6.45, 7) is 8.13. The first-order valence-corrected chi connectivity index (χ1v) is 10.5. The molecule has 3 rings (SSSR count). The van der Waals surface area contributed by atoms with Gasteiger partial charge in [-0.1, -0.05) is 18.2 Å². The Kier molecular flexibility index (Phi) is 10.3. The van der Waals surface area contributed by atoms with Gasteiger partial charge >= 0.3 is 0 Å². The zero-order chi connectivity index (χ0) is 21.3. The Hall–Kier alpha value is -2.07. The zero-order valence-electron chi connectivity index (χ0n) is 18.9. The zero-order valence-corrected chi connectivity index (χ0v) is 21.2. The topological polar surface area (TPSA) is 71.0 Å². The van der Waals surface area contributed by atoms with Gasteiger partial charge in [0, 0.05) is 39.4 Å². The van der Waals surface area contributed by atoms with Crippen molar-refractivity contribution >= 4 is 35.8 Å². The number of benzene rings is 1. The van der Waals surface area contributed by atoms with Crippen LogP contribution in [0.1, 0.15) is 23.6 Å². The average molecular weight is 539 g/mol. The number of guanidine groups is 1. The molecule has 1 unspecified atom stereocenters. The number of hydrogen-bond acceptors (Lipinski definition) is 5. The number of morpholine rings is 1. The molecule has 1 saturated heterocycles. The van der Waals surface area contributed by atoms with Crippen LogP contribution in [0.4, 0.5) is 5.82 Å². The van der Waals surface area contributed by atoms with Crippen molar-refractivity contribution in [2.45, 2.75) is 32.9 Å². The number of aromatic nitrogens is 1. The van der Waals surface area contributed by atoms with Gasteiger partial charge < -0.3 is 25.0 Å². The van der Waals surface area contributed by atoms with Crippen molar-refractivity contribution < 1.29 is 9.47 Å². The van der Waals surface area contributed by atoms with E-state index in [0.717, 1.165) is 61.3 Å². The number of nitrogens with zero attached hydrogens (tertiary/aromatic N) is 3. The first kappa shape index (κ1) is 25.2. The number of anilines is 1. The molecule has 1 atom stereocenters. The third-order valence-corrected chi connectivity index (χ3v) is 5.24. The normalized spacial score (nSPS) is 16.5. The first-order valence-electron chi connectivity index (χ1n) is 10.5. The summed E-state index contributed by atoms with van der Waals surface area (Å²) >= 11 is 0. The van der Waals surface area contributed by atoms with Crippen LogP contribution in [0.15, 0.2) is 41.5 Å². The fraction of sp³-hybridized carbons (Fsp3) is 0.478. The SMILES string of the molecule is CN=C(NCCc1ccc(C)c(OC)c1)NCc1ccc(N2CCOC(C)C2)nc1.I. The van der Waals surface area contributed by atoms with Crippen molar-refractivity contribution in [2.75, 3.05) is 45.3 Å². The summed E-state index contributed by atoms with van der Waals surface area (Å²) in [6, 6.07) is 10.5. The van der Waals surface area contributed by atoms with Crippen LogP contribution in [0.25, 0.3) is 0 Å². The molecule has 8 heteroatoms. The number of rotatable bonds is 7. The van der Waals surface area contributed by atoms with E-state index < -0.39 is 0 Å². The highest BCUT2D eigenvalue weighted by atomic mass is 127. The number of aliphatic imine (C=N–C) groups is 1. The molecule has 0 amide bonds. The van der Waals surface area contributed by atoms with Crippen LogP contribution in [0.5, 0.6) is 5.75 Å². The van der Waals surface area contributed by atoms with Gasteiger partial charge in [-0.2, -0.15) is 0 Å². The molecule has 2 aromatic rings. The third-order valence-electron chi connectivity index (χ3n) is 5.24. The Morgan fingerprint density at radius 1 is 1.26 bits per heavy atom. The smallest absolute Gasteiger partial charge is 0.191 e. The molecule has 2 heterocycles. The number of hydrogen-bond donors (Lipinski definition) is 2. The standard InChI is InChI=1S/C23H33N5O2.HI/c1-17-5-6-19(13-21(17)29-4)9-10-25-23(24-3)27-15-20-7-8-22(26-14-20)28-11-12-30-18(2)16-28;/h5-8,13-14,18H,9-12,15-16H2,1-4H3,(H2,24,25,27);1H. The molecular formula is C23H34IN5O2. The first-order chi connectivity index (χ1) is 14.6. The Morgan fingerprint density at radius 2 is 2.06 bits per heavy atom. The lowest BCUT2D eigenvalue weighted by Crippen LogP contribution is -2.41. The molecule has 0 bridgehead atoms. The van der Waals surface area contributed by atoms with Crippen LogP contribution in [-0.4, -0.2) is 57.4 Å². The second kappa shape index (κ2) is 12.7. The van der Waals surface area contributed by atoms with Gasteiger partial charge in [-0.25, -0.2) is 4.98 Å². The minimum atomic E-state index is 0. The average Bonchev–Trinajstić information content (AvgIpc) is 2.77. The highest BCUT2D eigenvalue weighted by Crippen LogP contribution is 2.19. The van der Waals surface area contributed by atoms with Crippen molar-refractivity contribution in [3.8, 4) is 5.75 Å². The number of aryl methyl sites for hydroxylation is 1. The summed E-state index contributed by atoms with van der Waals surface area (Å²) < 4.78 is 11.0. The lowest BCUT2D eigenvalue weighted by molar-refractivity contribution is 0.0529. The number of pyridine rings is 1. The largest absolute Gasteiger partial charge is 0.496 e. The monoisotopic (exact) mass is 539 g/mol. The van der Waals surface area contributed by atoms with Gasteiger partial charge in [0.15, 0.2) is 5.96 Å². The lowest BCUT2D eigenvalue weighted by atomic mass is 10.1. The molecule has 7 nitrogen and oxygen atoms in total. The van der Waals surface area contributed by atoms with Crippen LogP contribution in [0.2, 0.25) is 0 Å².